The first kappa shape index (κ1) is 23.2. The van der Waals surface area contributed by atoms with E-state index >= 15 is 0 Å². The number of nitrogens with zero attached hydrogens (tertiary/aromatic N) is 1. The molecular weight excluding hydrogens is 420 g/mol. The van der Waals surface area contributed by atoms with Crippen LogP contribution in [-0.4, -0.2) is 30.5 Å². The van der Waals surface area contributed by atoms with E-state index in [1.807, 2.05) is 38.1 Å². The van der Waals surface area contributed by atoms with Gasteiger partial charge < -0.3 is 15.4 Å². The van der Waals surface area contributed by atoms with E-state index in [9.17, 15) is 14.4 Å². The summed E-state index contributed by atoms with van der Waals surface area (Å²) >= 11 is 0. The molecule has 3 amide bonds. The van der Waals surface area contributed by atoms with Gasteiger partial charge in [-0.15, -0.1) is 0 Å². The van der Waals surface area contributed by atoms with Gasteiger partial charge in [0.2, 0.25) is 0 Å². The summed E-state index contributed by atoms with van der Waals surface area (Å²) in [5.41, 5.74) is 6.20. The maximum Gasteiger partial charge on any atom is 0.329 e. The standard InChI is InChI=1S/C25H24N4O4/c1-17-8-11-21(14-18(17)2)28-24(31)25(32)29-26-15-19-9-12-22(13-10-19)33-16-23(30)27-20-6-4-3-5-7-20/h3-15H,16H2,1-2H3,(H,27,30)(H,28,31)(H,29,32)/b26-15-. The Kier molecular flexibility index (Phi) is 7.91. The third kappa shape index (κ3) is 7.32. The average molecular weight is 444 g/mol. The van der Waals surface area contributed by atoms with Crippen molar-refractivity contribution in [1.29, 1.82) is 0 Å². The zero-order valence-electron chi connectivity index (χ0n) is 18.3. The summed E-state index contributed by atoms with van der Waals surface area (Å²) in [6.07, 6.45) is 1.40. The maximum absolute atomic E-state index is 12.0. The molecule has 0 aliphatic heterocycles. The first-order valence-electron chi connectivity index (χ1n) is 10.2. The minimum atomic E-state index is -0.881. The molecule has 33 heavy (non-hydrogen) atoms. The summed E-state index contributed by atoms with van der Waals surface area (Å²) in [7, 11) is 0. The summed E-state index contributed by atoms with van der Waals surface area (Å²) in [6.45, 7) is 3.75. The van der Waals surface area contributed by atoms with Gasteiger partial charge in [0.1, 0.15) is 5.75 Å². The number of nitrogens with one attached hydrogen (secondary N) is 3. The van der Waals surface area contributed by atoms with Crippen LogP contribution in [0.4, 0.5) is 11.4 Å². The van der Waals surface area contributed by atoms with Crippen LogP contribution in [-0.2, 0) is 14.4 Å². The highest BCUT2D eigenvalue weighted by atomic mass is 16.5. The Morgan fingerprint density at radius 2 is 1.55 bits per heavy atom. The zero-order chi connectivity index (χ0) is 23.6. The van der Waals surface area contributed by atoms with Crippen molar-refractivity contribution < 1.29 is 19.1 Å². The number of hydrogen-bond donors (Lipinski definition) is 3. The molecule has 0 saturated carbocycles. The molecular formula is C25H24N4O4. The van der Waals surface area contributed by atoms with Crippen molar-refractivity contribution in [3.8, 4) is 5.75 Å². The Morgan fingerprint density at radius 3 is 2.24 bits per heavy atom. The molecule has 8 heteroatoms. The summed E-state index contributed by atoms with van der Waals surface area (Å²) in [4.78, 5) is 35.9. The van der Waals surface area contributed by atoms with E-state index in [0.717, 1.165) is 11.1 Å². The lowest BCUT2D eigenvalue weighted by Gasteiger charge is -2.07. The zero-order valence-corrected chi connectivity index (χ0v) is 18.3. The van der Waals surface area contributed by atoms with Gasteiger partial charge in [-0.25, -0.2) is 5.43 Å². The molecule has 168 valence electrons. The Labute approximate surface area is 191 Å². The predicted molar refractivity (Wildman–Crippen MR) is 127 cm³/mol. The van der Waals surface area contributed by atoms with Crippen molar-refractivity contribution in [1.82, 2.24) is 5.43 Å². The van der Waals surface area contributed by atoms with E-state index in [1.54, 1.807) is 48.5 Å². The normalized spacial score (nSPS) is 10.5. The van der Waals surface area contributed by atoms with Crippen LogP contribution in [0.5, 0.6) is 5.75 Å². The van der Waals surface area contributed by atoms with E-state index < -0.39 is 11.8 Å². The van der Waals surface area contributed by atoms with Crippen LogP contribution >= 0.6 is 0 Å². The number of para-hydroxylation sites is 1. The van der Waals surface area contributed by atoms with Gasteiger partial charge in [-0.2, -0.15) is 5.10 Å². The minimum absolute atomic E-state index is 0.131. The van der Waals surface area contributed by atoms with Gasteiger partial charge in [0, 0.05) is 11.4 Å². The molecule has 0 radical (unpaired) electrons. The largest absolute Gasteiger partial charge is 0.484 e. The average Bonchev–Trinajstić information content (AvgIpc) is 2.81. The summed E-state index contributed by atoms with van der Waals surface area (Å²) < 4.78 is 5.46. The topological polar surface area (TPSA) is 109 Å². The van der Waals surface area contributed by atoms with Crippen LogP contribution in [0.25, 0.3) is 0 Å². The number of aryl methyl sites for hydroxylation is 2. The van der Waals surface area contributed by atoms with E-state index in [-0.39, 0.29) is 12.5 Å². The number of ether oxygens (including phenoxy) is 1. The van der Waals surface area contributed by atoms with Crippen LogP contribution in [0.1, 0.15) is 16.7 Å². The molecule has 3 N–H and O–H groups in total. The monoisotopic (exact) mass is 444 g/mol. The molecule has 0 heterocycles. The van der Waals surface area contributed by atoms with Crippen LogP contribution in [0.15, 0.2) is 77.9 Å². The number of carbonyl (C=O) groups excluding carboxylic acids is 3. The number of carbonyl (C=O) groups is 3. The molecule has 0 unspecified atom stereocenters. The SMILES string of the molecule is Cc1ccc(NC(=O)C(=O)N/N=C\c2ccc(OCC(=O)Nc3ccccc3)cc2)cc1C. The van der Waals surface area contributed by atoms with Crippen molar-refractivity contribution in [2.24, 2.45) is 5.10 Å². The smallest absolute Gasteiger partial charge is 0.329 e. The Hall–Kier alpha value is -4.46. The number of anilines is 2. The predicted octanol–water partition coefficient (Wildman–Crippen LogP) is 3.41. The van der Waals surface area contributed by atoms with E-state index in [0.29, 0.717) is 22.7 Å². The fourth-order valence-electron chi connectivity index (χ4n) is 2.74. The summed E-state index contributed by atoms with van der Waals surface area (Å²) in [5, 5.41) is 9.06. The van der Waals surface area contributed by atoms with Gasteiger partial charge >= 0.3 is 11.8 Å². The van der Waals surface area contributed by atoms with Gasteiger partial charge in [-0.3, -0.25) is 14.4 Å². The molecule has 0 bridgehead atoms. The van der Waals surface area contributed by atoms with E-state index in [4.69, 9.17) is 4.74 Å². The molecule has 3 aromatic rings. The highest BCUT2D eigenvalue weighted by Crippen LogP contribution is 2.14. The van der Waals surface area contributed by atoms with Gasteiger partial charge in [0.25, 0.3) is 5.91 Å². The van der Waals surface area contributed by atoms with Crippen LogP contribution in [0, 0.1) is 13.8 Å². The van der Waals surface area contributed by atoms with Gasteiger partial charge in [0.15, 0.2) is 6.61 Å². The highest BCUT2D eigenvalue weighted by Gasteiger charge is 2.13. The molecule has 3 rings (SSSR count). The molecule has 0 saturated heterocycles. The summed E-state index contributed by atoms with van der Waals surface area (Å²) in [6, 6.07) is 21.2. The van der Waals surface area contributed by atoms with Gasteiger partial charge in [0.05, 0.1) is 6.21 Å². The van der Waals surface area contributed by atoms with Crippen molar-refractivity contribution in [2.45, 2.75) is 13.8 Å². The molecule has 0 spiro atoms. The number of hydrogen-bond acceptors (Lipinski definition) is 5. The number of rotatable bonds is 7. The quantitative estimate of drug-likeness (QED) is 0.295. The van der Waals surface area contributed by atoms with E-state index in [1.165, 1.54) is 6.21 Å². The van der Waals surface area contributed by atoms with Gasteiger partial charge in [-0.1, -0.05) is 24.3 Å². The second-order valence-electron chi connectivity index (χ2n) is 7.22. The second-order valence-corrected chi connectivity index (χ2v) is 7.22. The first-order valence-corrected chi connectivity index (χ1v) is 10.2. The molecule has 0 aliphatic carbocycles. The highest BCUT2D eigenvalue weighted by molar-refractivity contribution is 6.39. The third-order valence-corrected chi connectivity index (χ3v) is 4.66. The Balaban J connectivity index is 1.43. The summed E-state index contributed by atoms with van der Waals surface area (Å²) in [5.74, 6) is -1.46. The second kappa shape index (κ2) is 11.2. The lowest BCUT2D eigenvalue weighted by atomic mass is 10.1. The van der Waals surface area contributed by atoms with Crippen molar-refractivity contribution in [2.75, 3.05) is 17.2 Å². The molecule has 0 aliphatic rings. The molecule has 3 aromatic carbocycles. The van der Waals surface area contributed by atoms with Crippen LogP contribution in [0.2, 0.25) is 0 Å². The fourth-order valence-corrected chi connectivity index (χ4v) is 2.74. The van der Waals surface area contributed by atoms with Crippen LogP contribution in [0.3, 0.4) is 0 Å². The first-order chi connectivity index (χ1) is 15.9. The van der Waals surface area contributed by atoms with Gasteiger partial charge in [-0.05, 0) is 79.1 Å². The van der Waals surface area contributed by atoms with Crippen molar-refractivity contribution >= 4 is 35.3 Å². The molecule has 0 aromatic heterocycles. The minimum Gasteiger partial charge on any atom is -0.484 e. The van der Waals surface area contributed by atoms with Crippen molar-refractivity contribution in [3.05, 3.63) is 89.5 Å². The molecule has 8 nitrogen and oxygen atoms in total. The lowest BCUT2D eigenvalue weighted by molar-refractivity contribution is -0.136. The number of hydrazone groups is 1. The van der Waals surface area contributed by atoms with E-state index in [2.05, 4.69) is 21.2 Å². The Morgan fingerprint density at radius 1 is 0.818 bits per heavy atom. The van der Waals surface area contributed by atoms with Crippen LogP contribution < -0.4 is 20.8 Å². The number of benzene rings is 3. The third-order valence-electron chi connectivity index (χ3n) is 4.66. The number of amides is 3. The fraction of sp³-hybridized carbons (Fsp3) is 0.120. The molecule has 0 fully saturated rings. The Bertz CT molecular complexity index is 1160. The maximum atomic E-state index is 12.0. The lowest BCUT2D eigenvalue weighted by Crippen LogP contribution is -2.32. The van der Waals surface area contributed by atoms with Crippen molar-refractivity contribution in [3.63, 3.8) is 0 Å². The molecule has 0 atom stereocenters.